The summed E-state index contributed by atoms with van der Waals surface area (Å²) in [5.74, 6) is 0.613. The molecule has 0 aliphatic carbocycles. The lowest BCUT2D eigenvalue weighted by atomic mass is 10.1. The minimum atomic E-state index is -4.13. The number of rotatable bonds is 7. The fraction of sp³-hybridized carbons (Fsp3) is 0.562. The van der Waals surface area contributed by atoms with E-state index in [1.165, 1.54) is 0 Å². The van der Waals surface area contributed by atoms with Crippen molar-refractivity contribution in [1.82, 2.24) is 4.90 Å². The molecule has 0 unspecified atom stereocenters. The first-order chi connectivity index (χ1) is 10.2. The lowest BCUT2D eigenvalue weighted by molar-refractivity contribution is -0.136. The summed E-state index contributed by atoms with van der Waals surface area (Å²) in [6.45, 7) is 6.71. The molecule has 0 spiro atoms. The van der Waals surface area contributed by atoms with Crippen LogP contribution >= 0.6 is 0 Å². The van der Waals surface area contributed by atoms with Crippen molar-refractivity contribution in [3.63, 3.8) is 0 Å². The lowest BCUT2D eigenvalue weighted by Gasteiger charge is -2.13. The number of alkyl halides is 3. The quantitative estimate of drug-likeness (QED) is 0.416. The highest BCUT2D eigenvalue weighted by Crippen LogP contribution is 2.28. The van der Waals surface area contributed by atoms with E-state index in [0.717, 1.165) is 23.4 Å². The maximum atomic E-state index is 12.1. The highest BCUT2D eigenvalue weighted by Gasteiger charge is 2.26. The number of aliphatic imine (C=N–C) groups is 1. The van der Waals surface area contributed by atoms with Crippen LogP contribution in [0.25, 0.3) is 0 Å². The van der Waals surface area contributed by atoms with Crippen LogP contribution in [0.2, 0.25) is 0 Å². The van der Waals surface area contributed by atoms with Crippen LogP contribution < -0.4 is 4.74 Å². The lowest BCUT2D eigenvalue weighted by Crippen LogP contribution is -2.14. The fourth-order valence-corrected chi connectivity index (χ4v) is 1.77. The molecular weight excluding hydrogens is 293 g/mol. The van der Waals surface area contributed by atoms with Gasteiger partial charge in [0, 0.05) is 20.0 Å². The molecule has 0 radical (unpaired) electrons. The average molecular weight is 316 g/mol. The van der Waals surface area contributed by atoms with Gasteiger partial charge >= 0.3 is 6.18 Å². The maximum absolute atomic E-state index is 12.1. The smallest absolute Gasteiger partial charge is 0.389 e. The van der Waals surface area contributed by atoms with Crippen molar-refractivity contribution in [1.29, 1.82) is 0 Å². The van der Waals surface area contributed by atoms with Crippen molar-refractivity contribution in [2.75, 3.05) is 20.2 Å². The minimum Gasteiger partial charge on any atom is -0.493 e. The summed E-state index contributed by atoms with van der Waals surface area (Å²) < 4.78 is 41.7. The molecule has 3 nitrogen and oxygen atoms in total. The predicted octanol–water partition coefficient (Wildman–Crippen LogP) is 4.64. The Hall–Kier alpha value is -1.72. The molecule has 0 atom stereocenters. The second-order valence-corrected chi connectivity index (χ2v) is 5.29. The van der Waals surface area contributed by atoms with E-state index in [-0.39, 0.29) is 13.0 Å². The van der Waals surface area contributed by atoms with Crippen LogP contribution in [0.5, 0.6) is 5.75 Å². The van der Waals surface area contributed by atoms with Gasteiger partial charge < -0.3 is 9.64 Å². The van der Waals surface area contributed by atoms with Crippen molar-refractivity contribution in [2.24, 2.45) is 4.99 Å². The van der Waals surface area contributed by atoms with E-state index < -0.39 is 12.6 Å². The third kappa shape index (κ3) is 6.37. The molecule has 6 heteroatoms. The Balaban J connectivity index is 2.67. The molecule has 0 bridgehead atoms. The van der Waals surface area contributed by atoms with Gasteiger partial charge in [-0.15, -0.1) is 0 Å². The summed E-state index contributed by atoms with van der Waals surface area (Å²) >= 11 is 0. The van der Waals surface area contributed by atoms with Crippen molar-refractivity contribution in [3.05, 3.63) is 23.3 Å². The van der Waals surface area contributed by atoms with E-state index in [4.69, 9.17) is 4.74 Å². The molecule has 124 valence electrons. The third-order valence-corrected chi connectivity index (χ3v) is 3.25. The molecule has 0 saturated carbocycles. The number of aryl methyl sites for hydroxylation is 2. The summed E-state index contributed by atoms with van der Waals surface area (Å²) in [5, 5.41) is 0. The van der Waals surface area contributed by atoms with E-state index in [0.29, 0.717) is 5.75 Å². The van der Waals surface area contributed by atoms with Crippen molar-refractivity contribution >= 4 is 12.0 Å². The summed E-state index contributed by atoms with van der Waals surface area (Å²) in [6.07, 6.45) is -3.23. The van der Waals surface area contributed by atoms with Crippen molar-refractivity contribution < 1.29 is 17.9 Å². The monoisotopic (exact) mass is 316 g/mol. The number of hydrogen-bond donors (Lipinski definition) is 0. The zero-order valence-corrected chi connectivity index (χ0v) is 13.5. The van der Waals surface area contributed by atoms with Crippen LogP contribution in [0.3, 0.4) is 0 Å². The molecule has 1 aromatic rings. The fourth-order valence-electron chi connectivity index (χ4n) is 1.77. The van der Waals surface area contributed by atoms with Gasteiger partial charge in [-0.1, -0.05) is 0 Å². The van der Waals surface area contributed by atoms with E-state index in [1.54, 1.807) is 6.34 Å². The minimum absolute atomic E-state index is 0.0385. The summed E-state index contributed by atoms with van der Waals surface area (Å²) in [5.41, 5.74) is 2.63. The van der Waals surface area contributed by atoms with Crippen LogP contribution in [-0.2, 0) is 0 Å². The van der Waals surface area contributed by atoms with Crippen LogP contribution in [0.4, 0.5) is 18.9 Å². The Morgan fingerprint density at radius 2 is 1.91 bits per heavy atom. The zero-order chi connectivity index (χ0) is 16.8. The average Bonchev–Trinajstić information content (AvgIpc) is 2.43. The van der Waals surface area contributed by atoms with Gasteiger partial charge in [-0.2, -0.15) is 13.2 Å². The third-order valence-electron chi connectivity index (χ3n) is 3.25. The van der Waals surface area contributed by atoms with E-state index >= 15 is 0 Å². The molecule has 0 aromatic heterocycles. The molecule has 0 aliphatic rings. The number of benzene rings is 1. The van der Waals surface area contributed by atoms with Crippen molar-refractivity contribution in [2.45, 2.75) is 39.8 Å². The first-order valence-corrected chi connectivity index (χ1v) is 7.28. The molecule has 0 amide bonds. The van der Waals surface area contributed by atoms with Gasteiger partial charge in [0.1, 0.15) is 5.75 Å². The molecule has 0 saturated heterocycles. The first kappa shape index (κ1) is 18.3. The zero-order valence-electron chi connectivity index (χ0n) is 13.5. The van der Waals surface area contributed by atoms with Gasteiger partial charge in [-0.3, -0.25) is 0 Å². The van der Waals surface area contributed by atoms with Crippen LogP contribution in [0.1, 0.15) is 30.9 Å². The predicted molar refractivity (Wildman–Crippen MR) is 83.2 cm³/mol. The topological polar surface area (TPSA) is 24.8 Å². The molecule has 0 aliphatic heterocycles. The Labute approximate surface area is 129 Å². The molecular formula is C16H23F3N2O. The summed E-state index contributed by atoms with van der Waals surface area (Å²) in [6, 6.07) is 3.70. The molecule has 1 aromatic carbocycles. The number of ether oxygens (including phenoxy) is 1. The molecule has 0 heterocycles. The van der Waals surface area contributed by atoms with Gasteiger partial charge in [0.05, 0.1) is 18.6 Å². The summed E-state index contributed by atoms with van der Waals surface area (Å²) in [4.78, 5) is 6.36. The van der Waals surface area contributed by atoms with Gasteiger partial charge in [-0.05, 0) is 50.5 Å². The van der Waals surface area contributed by atoms with E-state index in [9.17, 15) is 13.2 Å². The van der Waals surface area contributed by atoms with Crippen molar-refractivity contribution in [3.8, 4) is 5.75 Å². The Bertz CT molecular complexity index is 513. The highest BCUT2D eigenvalue weighted by molar-refractivity contribution is 5.64. The van der Waals surface area contributed by atoms with Gasteiger partial charge in [-0.25, -0.2) is 4.99 Å². The molecule has 0 fully saturated rings. The first-order valence-electron chi connectivity index (χ1n) is 7.28. The van der Waals surface area contributed by atoms with Crippen LogP contribution in [-0.4, -0.2) is 37.6 Å². The Morgan fingerprint density at radius 3 is 2.50 bits per heavy atom. The second kappa shape index (κ2) is 8.06. The Morgan fingerprint density at radius 1 is 1.23 bits per heavy atom. The molecule has 22 heavy (non-hydrogen) atoms. The van der Waals surface area contributed by atoms with E-state index in [1.807, 2.05) is 44.9 Å². The molecule has 1 rings (SSSR count). The Kier molecular flexibility index (Phi) is 6.71. The van der Waals surface area contributed by atoms with E-state index in [2.05, 4.69) is 4.99 Å². The maximum Gasteiger partial charge on any atom is 0.389 e. The van der Waals surface area contributed by atoms with Gasteiger partial charge in [0.15, 0.2) is 0 Å². The van der Waals surface area contributed by atoms with Gasteiger partial charge in [0.2, 0.25) is 0 Å². The number of hydrogen-bond acceptors (Lipinski definition) is 2. The number of nitrogens with zero attached hydrogens (tertiary/aromatic N) is 2. The SMILES string of the molecule is CCN(C)/C=N/c1cc(C)c(OCCCC(F)(F)F)cc1C. The van der Waals surface area contributed by atoms with Crippen LogP contribution in [0.15, 0.2) is 17.1 Å². The van der Waals surface area contributed by atoms with Gasteiger partial charge in [0.25, 0.3) is 0 Å². The number of halogens is 3. The molecule has 0 N–H and O–H groups in total. The largest absolute Gasteiger partial charge is 0.493 e. The summed E-state index contributed by atoms with van der Waals surface area (Å²) in [7, 11) is 1.93. The second-order valence-electron chi connectivity index (χ2n) is 5.29. The normalized spacial score (nSPS) is 12.0. The standard InChI is InChI=1S/C16H23F3N2O/c1-5-21(4)11-20-14-9-13(3)15(10-12(14)2)22-8-6-7-16(17,18)19/h9-11H,5-8H2,1-4H3/b20-11+. The van der Waals surface area contributed by atoms with Crippen LogP contribution in [0, 0.1) is 13.8 Å². The highest BCUT2D eigenvalue weighted by atomic mass is 19.4.